The van der Waals surface area contributed by atoms with Gasteiger partial charge in [-0.3, -0.25) is 9.59 Å². The second kappa shape index (κ2) is 9.83. The molecule has 0 fully saturated rings. The fourth-order valence-corrected chi connectivity index (χ4v) is 2.09. The van der Waals surface area contributed by atoms with Crippen LogP contribution in [0, 0.1) is 0 Å². The van der Waals surface area contributed by atoms with Crippen molar-refractivity contribution in [2.75, 3.05) is 19.0 Å². The summed E-state index contributed by atoms with van der Waals surface area (Å²) < 4.78 is 10.4. The molecule has 2 amide bonds. The lowest BCUT2D eigenvalue weighted by molar-refractivity contribution is -0.126. The van der Waals surface area contributed by atoms with Gasteiger partial charge in [0, 0.05) is 11.8 Å². The van der Waals surface area contributed by atoms with Crippen molar-refractivity contribution < 1.29 is 19.1 Å². The minimum absolute atomic E-state index is 0.335. The number of rotatable bonds is 8. The second-order valence-corrected chi connectivity index (χ2v) is 5.25. The van der Waals surface area contributed by atoms with Crippen LogP contribution in [0.1, 0.15) is 18.9 Å². The lowest BCUT2D eigenvalue weighted by Crippen LogP contribution is -2.24. The van der Waals surface area contributed by atoms with Crippen molar-refractivity contribution in [3.8, 4) is 11.5 Å². The molecule has 0 aliphatic carbocycles. The normalized spacial score (nSPS) is 10.4. The summed E-state index contributed by atoms with van der Waals surface area (Å²) in [5.74, 6) is 0.440. The first-order chi connectivity index (χ1) is 12.6. The molecule has 7 heteroatoms. The van der Waals surface area contributed by atoms with Crippen molar-refractivity contribution in [1.29, 1.82) is 0 Å². The highest BCUT2D eigenvalue weighted by atomic mass is 16.5. The third kappa shape index (κ3) is 6.27. The van der Waals surface area contributed by atoms with Gasteiger partial charge in [-0.1, -0.05) is 6.07 Å². The molecule has 0 aliphatic rings. The molecule has 0 saturated heterocycles. The van der Waals surface area contributed by atoms with Crippen LogP contribution in [0.2, 0.25) is 0 Å². The van der Waals surface area contributed by atoms with E-state index in [1.807, 2.05) is 31.2 Å². The lowest BCUT2D eigenvalue weighted by Gasteiger charge is -2.06. The van der Waals surface area contributed by atoms with Gasteiger partial charge in [-0.2, -0.15) is 5.10 Å². The first-order valence-corrected chi connectivity index (χ1v) is 8.09. The Hall–Kier alpha value is -3.35. The number of carbonyl (C=O) groups is 2. The van der Waals surface area contributed by atoms with E-state index < -0.39 is 11.8 Å². The van der Waals surface area contributed by atoms with Crippen molar-refractivity contribution in [3.63, 3.8) is 0 Å². The Labute approximate surface area is 152 Å². The van der Waals surface area contributed by atoms with Crippen molar-refractivity contribution in [2.24, 2.45) is 5.10 Å². The number of hydrazone groups is 1. The molecule has 0 heterocycles. The molecule has 0 unspecified atom stereocenters. The zero-order chi connectivity index (χ0) is 18.8. The lowest BCUT2D eigenvalue weighted by atomic mass is 10.2. The van der Waals surface area contributed by atoms with Crippen LogP contribution in [0.5, 0.6) is 11.5 Å². The number of nitrogens with one attached hydrogen (secondary N) is 2. The number of carbonyl (C=O) groups excluding carboxylic acids is 2. The summed E-state index contributed by atoms with van der Waals surface area (Å²) >= 11 is 0. The maximum absolute atomic E-state index is 11.9. The predicted octanol–water partition coefficient (Wildman–Crippen LogP) is 2.57. The molecule has 0 aromatic heterocycles. The van der Waals surface area contributed by atoms with Gasteiger partial charge in [0.05, 0.1) is 19.9 Å². The van der Waals surface area contributed by atoms with E-state index in [1.165, 1.54) is 13.3 Å². The van der Waals surface area contributed by atoms with Crippen LogP contribution < -0.4 is 20.2 Å². The van der Waals surface area contributed by atoms with E-state index in [0.717, 1.165) is 11.3 Å². The van der Waals surface area contributed by atoms with Gasteiger partial charge in [-0.25, -0.2) is 5.43 Å². The van der Waals surface area contributed by atoms with E-state index in [4.69, 9.17) is 9.47 Å². The third-order valence-electron chi connectivity index (χ3n) is 3.27. The number of nitrogens with zero attached hydrogens (tertiary/aromatic N) is 1. The van der Waals surface area contributed by atoms with Crippen LogP contribution in [-0.4, -0.2) is 31.7 Å². The molecular formula is C19H21N3O4. The Bertz CT molecular complexity index is 773. The molecule has 7 nitrogen and oxygen atoms in total. The molecule has 2 rings (SSSR count). The van der Waals surface area contributed by atoms with Gasteiger partial charge in [-0.15, -0.1) is 0 Å². The highest BCUT2D eigenvalue weighted by molar-refractivity contribution is 6.03. The first-order valence-electron chi connectivity index (χ1n) is 8.09. The molecule has 2 aromatic rings. The number of hydrogen-bond donors (Lipinski definition) is 2. The quantitative estimate of drug-likeness (QED) is 0.433. The molecule has 0 atom stereocenters. The number of benzene rings is 2. The average Bonchev–Trinajstić information content (AvgIpc) is 2.63. The minimum Gasteiger partial charge on any atom is -0.497 e. The van der Waals surface area contributed by atoms with Crippen molar-refractivity contribution in [2.45, 2.75) is 13.3 Å². The van der Waals surface area contributed by atoms with Crippen LogP contribution in [0.15, 0.2) is 53.6 Å². The van der Waals surface area contributed by atoms with Crippen LogP contribution in [0.4, 0.5) is 5.69 Å². The Kier molecular flexibility index (Phi) is 7.17. The molecule has 2 aromatic carbocycles. The van der Waals surface area contributed by atoms with Crippen LogP contribution >= 0.6 is 0 Å². The van der Waals surface area contributed by atoms with Gasteiger partial charge in [0.25, 0.3) is 0 Å². The van der Waals surface area contributed by atoms with E-state index in [0.29, 0.717) is 18.0 Å². The monoisotopic (exact) mass is 355 g/mol. The number of hydrogen-bond acceptors (Lipinski definition) is 5. The van der Waals surface area contributed by atoms with Gasteiger partial charge in [-0.05, 0) is 48.9 Å². The molecule has 26 heavy (non-hydrogen) atoms. The number of methoxy groups -OCH3 is 1. The molecule has 0 saturated carbocycles. The topological polar surface area (TPSA) is 89.0 Å². The summed E-state index contributed by atoms with van der Waals surface area (Å²) in [4.78, 5) is 23.6. The summed E-state index contributed by atoms with van der Waals surface area (Å²) in [5, 5.41) is 6.47. The van der Waals surface area contributed by atoms with Crippen molar-refractivity contribution in [1.82, 2.24) is 5.43 Å². The molecule has 136 valence electrons. The van der Waals surface area contributed by atoms with Crippen molar-refractivity contribution >= 4 is 23.7 Å². The van der Waals surface area contributed by atoms with Crippen LogP contribution in [0.3, 0.4) is 0 Å². The summed E-state index contributed by atoms with van der Waals surface area (Å²) in [6.45, 7) is 2.51. The largest absolute Gasteiger partial charge is 0.497 e. The van der Waals surface area contributed by atoms with E-state index >= 15 is 0 Å². The van der Waals surface area contributed by atoms with Crippen molar-refractivity contribution in [3.05, 3.63) is 54.1 Å². The van der Waals surface area contributed by atoms with E-state index in [9.17, 15) is 9.59 Å². The maximum Gasteiger partial charge on any atom is 0.249 e. The predicted molar refractivity (Wildman–Crippen MR) is 99.6 cm³/mol. The minimum atomic E-state index is -0.507. The van der Waals surface area contributed by atoms with Gasteiger partial charge < -0.3 is 14.8 Å². The zero-order valence-electron chi connectivity index (χ0n) is 14.7. The highest BCUT2D eigenvalue weighted by Gasteiger charge is 2.09. The van der Waals surface area contributed by atoms with Crippen LogP contribution in [0.25, 0.3) is 0 Å². The fourth-order valence-electron chi connectivity index (χ4n) is 2.09. The summed E-state index contributed by atoms with van der Waals surface area (Å²) in [6, 6.07) is 14.1. The SMILES string of the molecule is CCOc1ccc(C=NNC(=O)CC(=O)Nc2cccc(OC)c2)cc1. The fraction of sp³-hybridized carbons (Fsp3) is 0.211. The molecule has 0 radical (unpaired) electrons. The Morgan fingerprint density at radius 2 is 1.85 bits per heavy atom. The second-order valence-electron chi connectivity index (χ2n) is 5.25. The molecule has 0 spiro atoms. The summed E-state index contributed by atoms with van der Waals surface area (Å²) in [7, 11) is 1.54. The first kappa shape index (κ1) is 19.0. The summed E-state index contributed by atoms with van der Waals surface area (Å²) in [6.07, 6.45) is 1.16. The average molecular weight is 355 g/mol. The number of ether oxygens (including phenoxy) is 2. The third-order valence-corrected chi connectivity index (χ3v) is 3.27. The standard InChI is InChI=1S/C19H21N3O4/c1-3-26-16-9-7-14(8-10-16)13-20-22-19(24)12-18(23)21-15-5-4-6-17(11-15)25-2/h4-11,13H,3,12H2,1-2H3,(H,21,23)(H,22,24). The van der Waals surface area contributed by atoms with E-state index in [1.54, 1.807) is 24.3 Å². The Morgan fingerprint density at radius 1 is 1.08 bits per heavy atom. The maximum atomic E-state index is 11.9. The van der Waals surface area contributed by atoms with Gasteiger partial charge in [0.15, 0.2) is 0 Å². The number of amides is 2. The van der Waals surface area contributed by atoms with Gasteiger partial charge in [0.1, 0.15) is 17.9 Å². The zero-order valence-corrected chi connectivity index (χ0v) is 14.7. The van der Waals surface area contributed by atoms with Crippen LogP contribution in [-0.2, 0) is 9.59 Å². The number of anilines is 1. The smallest absolute Gasteiger partial charge is 0.249 e. The molecule has 0 aliphatic heterocycles. The Balaban J connectivity index is 1.79. The van der Waals surface area contributed by atoms with E-state index in [2.05, 4.69) is 15.8 Å². The highest BCUT2D eigenvalue weighted by Crippen LogP contribution is 2.16. The Morgan fingerprint density at radius 3 is 2.54 bits per heavy atom. The molecule has 2 N–H and O–H groups in total. The van der Waals surface area contributed by atoms with Gasteiger partial charge in [0.2, 0.25) is 11.8 Å². The molecule has 0 bridgehead atoms. The van der Waals surface area contributed by atoms with E-state index in [-0.39, 0.29) is 6.42 Å². The van der Waals surface area contributed by atoms with Gasteiger partial charge >= 0.3 is 0 Å². The summed E-state index contributed by atoms with van der Waals surface area (Å²) in [5.41, 5.74) is 3.68. The molecular weight excluding hydrogens is 334 g/mol.